The number of carbonyl (C=O) groups is 1. The van der Waals surface area contributed by atoms with Gasteiger partial charge in [-0.2, -0.15) is 0 Å². The zero-order chi connectivity index (χ0) is 13.7. The zero-order valence-corrected chi connectivity index (χ0v) is 11.1. The topological polar surface area (TPSA) is 61.4 Å². The molecule has 0 heterocycles. The van der Waals surface area contributed by atoms with Crippen LogP contribution in [0.15, 0.2) is 36.4 Å². The van der Waals surface area contributed by atoms with Crippen molar-refractivity contribution < 1.29 is 9.90 Å². The van der Waals surface area contributed by atoms with E-state index in [1.807, 2.05) is 37.3 Å². The highest BCUT2D eigenvalue weighted by molar-refractivity contribution is 5.90. The van der Waals surface area contributed by atoms with Gasteiger partial charge in [-0.3, -0.25) is 0 Å². The third kappa shape index (κ3) is 3.83. The highest BCUT2D eigenvalue weighted by Crippen LogP contribution is 2.21. The second kappa shape index (κ2) is 5.89. The van der Waals surface area contributed by atoms with Crippen LogP contribution in [0.1, 0.15) is 24.8 Å². The van der Waals surface area contributed by atoms with Gasteiger partial charge in [0.15, 0.2) is 0 Å². The second-order valence-electron chi connectivity index (χ2n) is 5.02. The van der Waals surface area contributed by atoms with Crippen LogP contribution in [0.5, 0.6) is 0 Å². The van der Waals surface area contributed by atoms with Crippen molar-refractivity contribution in [1.29, 1.82) is 0 Å². The molecule has 0 saturated heterocycles. The van der Waals surface area contributed by atoms with Crippen LogP contribution in [-0.2, 0) is 0 Å². The van der Waals surface area contributed by atoms with Crippen molar-refractivity contribution in [2.75, 3.05) is 11.9 Å². The number of aliphatic hydroxyl groups is 1. The van der Waals surface area contributed by atoms with E-state index in [-0.39, 0.29) is 12.6 Å². The number of aryl methyl sites for hydroxylation is 1. The van der Waals surface area contributed by atoms with Crippen molar-refractivity contribution in [1.82, 2.24) is 5.32 Å². The van der Waals surface area contributed by atoms with E-state index < -0.39 is 5.60 Å². The van der Waals surface area contributed by atoms with Crippen molar-refractivity contribution in [3.63, 3.8) is 0 Å². The summed E-state index contributed by atoms with van der Waals surface area (Å²) in [6, 6.07) is 7.30. The standard InChI is InChI=1S/C15H20N2O2/c1-12-7-3-4-8-13(12)17-14(18)16-11-15(19)9-5-2-6-10-15/h3-5,7-9,19H,2,6,10-11H2,1H3,(H2,16,17,18). The van der Waals surface area contributed by atoms with Crippen molar-refractivity contribution in [2.24, 2.45) is 0 Å². The Hall–Kier alpha value is -1.81. The van der Waals surface area contributed by atoms with Crippen LogP contribution in [-0.4, -0.2) is 23.3 Å². The first-order valence-electron chi connectivity index (χ1n) is 6.60. The SMILES string of the molecule is Cc1ccccc1NC(=O)NCC1(O)C=CCCC1. The summed E-state index contributed by atoms with van der Waals surface area (Å²) in [5.41, 5.74) is 0.890. The normalized spacial score (nSPS) is 22.0. The Morgan fingerprint density at radius 3 is 2.89 bits per heavy atom. The maximum atomic E-state index is 11.8. The van der Waals surface area contributed by atoms with Gasteiger partial charge in [0.25, 0.3) is 0 Å². The summed E-state index contributed by atoms with van der Waals surface area (Å²) < 4.78 is 0. The smallest absolute Gasteiger partial charge is 0.319 e. The number of amides is 2. The van der Waals surface area contributed by atoms with Crippen LogP contribution in [0.4, 0.5) is 10.5 Å². The number of hydrogen-bond donors (Lipinski definition) is 3. The van der Waals surface area contributed by atoms with Crippen LogP contribution >= 0.6 is 0 Å². The summed E-state index contributed by atoms with van der Waals surface area (Å²) in [4.78, 5) is 11.8. The molecule has 1 aromatic rings. The summed E-state index contributed by atoms with van der Waals surface area (Å²) in [5.74, 6) is 0. The Morgan fingerprint density at radius 1 is 1.42 bits per heavy atom. The maximum absolute atomic E-state index is 11.8. The van der Waals surface area contributed by atoms with Crippen molar-refractivity contribution in [3.8, 4) is 0 Å². The minimum Gasteiger partial charge on any atom is -0.384 e. The van der Waals surface area contributed by atoms with Gasteiger partial charge in [-0.15, -0.1) is 0 Å². The van der Waals surface area contributed by atoms with Crippen molar-refractivity contribution >= 4 is 11.7 Å². The number of benzene rings is 1. The first-order valence-corrected chi connectivity index (χ1v) is 6.60. The van der Waals surface area contributed by atoms with Crippen LogP contribution in [0.3, 0.4) is 0 Å². The summed E-state index contributed by atoms with van der Waals surface area (Å²) >= 11 is 0. The number of nitrogens with one attached hydrogen (secondary N) is 2. The minimum atomic E-state index is -0.901. The molecule has 1 aromatic carbocycles. The molecule has 0 aromatic heterocycles. The fourth-order valence-electron chi connectivity index (χ4n) is 2.17. The van der Waals surface area contributed by atoms with Gasteiger partial charge in [0, 0.05) is 5.69 Å². The van der Waals surface area contributed by atoms with Crippen molar-refractivity contribution in [3.05, 3.63) is 42.0 Å². The number of anilines is 1. The summed E-state index contributed by atoms with van der Waals surface area (Å²) in [7, 11) is 0. The number of hydrogen-bond acceptors (Lipinski definition) is 2. The fraction of sp³-hybridized carbons (Fsp3) is 0.400. The molecule has 0 saturated carbocycles. The predicted molar refractivity (Wildman–Crippen MR) is 76.1 cm³/mol. The number of carbonyl (C=O) groups excluding carboxylic acids is 1. The minimum absolute atomic E-state index is 0.237. The Morgan fingerprint density at radius 2 is 2.21 bits per heavy atom. The van der Waals surface area contributed by atoms with Crippen molar-refractivity contribution in [2.45, 2.75) is 31.8 Å². The molecule has 0 bridgehead atoms. The second-order valence-corrected chi connectivity index (χ2v) is 5.02. The van der Waals surface area contributed by atoms with Crippen LogP contribution in [0.25, 0.3) is 0 Å². The van der Waals surface area contributed by atoms with E-state index in [9.17, 15) is 9.90 Å². The van der Waals surface area contributed by atoms with Gasteiger partial charge in [-0.25, -0.2) is 4.79 Å². The van der Waals surface area contributed by atoms with Gasteiger partial charge in [-0.1, -0.05) is 30.4 Å². The largest absolute Gasteiger partial charge is 0.384 e. The van der Waals surface area contributed by atoms with Gasteiger partial charge in [0.2, 0.25) is 0 Å². The molecule has 1 atom stereocenters. The van der Waals surface area contributed by atoms with Crippen LogP contribution < -0.4 is 10.6 Å². The highest BCUT2D eigenvalue weighted by atomic mass is 16.3. The molecule has 19 heavy (non-hydrogen) atoms. The molecular formula is C15H20N2O2. The van der Waals surface area contributed by atoms with E-state index in [2.05, 4.69) is 10.6 Å². The molecule has 4 nitrogen and oxygen atoms in total. The van der Waals surface area contributed by atoms with E-state index in [4.69, 9.17) is 0 Å². The molecule has 4 heteroatoms. The third-order valence-corrected chi connectivity index (χ3v) is 3.36. The van der Waals surface area contributed by atoms with Gasteiger partial charge >= 0.3 is 6.03 Å². The van der Waals surface area contributed by atoms with Gasteiger partial charge in [0.05, 0.1) is 6.54 Å². The zero-order valence-electron chi connectivity index (χ0n) is 11.1. The quantitative estimate of drug-likeness (QED) is 0.731. The number of rotatable bonds is 3. The number of para-hydroxylation sites is 1. The predicted octanol–water partition coefficient (Wildman–Crippen LogP) is 2.59. The molecular weight excluding hydrogens is 240 g/mol. The summed E-state index contributed by atoms with van der Waals surface area (Å²) in [6.45, 7) is 2.17. The highest BCUT2D eigenvalue weighted by Gasteiger charge is 2.25. The van der Waals surface area contributed by atoms with E-state index in [1.165, 1.54) is 0 Å². The molecule has 1 aliphatic carbocycles. The Balaban J connectivity index is 1.87. The molecule has 2 rings (SSSR count). The fourth-order valence-corrected chi connectivity index (χ4v) is 2.17. The van der Waals surface area contributed by atoms with Crippen LogP contribution in [0.2, 0.25) is 0 Å². The Bertz CT molecular complexity index is 485. The lowest BCUT2D eigenvalue weighted by Crippen LogP contribution is -2.43. The van der Waals surface area contributed by atoms with Crippen LogP contribution in [0, 0.1) is 6.92 Å². The monoisotopic (exact) mass is 260 g/mol. The molecule has 0 radical (unpaired) electrons. The maximum Gasteiger partial charge on any atom is 0.319 e. The molecule has 2 amide bonds. The molecule has 1 aliphatic rings. The molecule has 102 valence electrons. The van der Waals surface area contributed by atoms with E-state index in [0.717, 1.165) is 24.1 Å². The molecule has 3 N–H and O–H groups in total. The number of urea groups is 1. The van der Waals surface area contributed by atoms with Gasteiger partial charge in [0.1, 0.15) is 5.60 Å². The first-order chi connectivity index (χ1) is 9.09. The lowest BCUT2D eigenvalue weighted by atomic mass is 9.91. The Kier molecular flexibility index (Phi) is 4.22. The molecule has 0 spiro atoms. The first kappa shape index (κ1) is 13.6. The molecule has 1 unspecified atom stereocenters. The van der Waals surface area contributed by atoms with Gasteiger partial charge < -0.3 is 15.7 Å². The third-order valence-electron chi connectivity index (χ3n) is 3.36. The lowest BCUT2D eigenvalue weighted by molar-refractivity contribution is 0.0768. The summed E-state index contributed by atoms with van der Waals surface area (Å²) in [6.07, 6.45) is 6.38. The van der Waals surface area contributed by atoms with E-state index in [1.54, 1.807) is 6.08 Å². The van der Waals surface area contributed by atoms with E-state index in [0.29, 0.717) is 6.42 Å². The summed E-state index contributed by atoms with van der Waals surface area (Å²) in [5, 5.41) is 15.7. The van der Waals surface area contributed by atoms with E-state index >= 15 is 0 Å². The average molecular weight is 260 g/mol. The van der Waals surface area contributed by atoms with Gasteiger partial charge in [-0.05, 0) is 37.8 Å². The Labute approximate surface area is 113 Å². The molecule has 0 aliphatic heterocycles. The lowest BCUT2D eigenvalue weighted by Gasteiger charge is -2.27. The molecule has 0 fully saturated rings. The number of allylic oxidation sites excluding steroid dienone is 1. The average Bonchev–Trinajstić information content (AvgIpc) is 2.40.